The van der Waals surface area contributed by atoms with E-state index in [4.69, 9.17) is 14.2 Å². The fourth-order valence-electron chi connectivity index (χ4n) is 3.85. The van der Waals surface area contributed by atoms with Crippen molar-refractivity contribution in [2.45, 2.75) is 6.92 Å². The Morgan fingerprint density at radius 1 is 1.17 bits per heavy atom. The van der Waals surface area contributed by atoms with Crippen LogP contribution in [-0.2, 0) is 11.8 Å². The number of anilines is 3. The maximum absolute atomic E-state index is 13.9. The number of carbonyl (C=O) groups excluding carboxylic acids is 1. The molecule has 0 radical (unpaired) electrons. The largest absolute Gasteiger partial charge is 0.494 e. The highest BCUT2D eigenvalue weighted by Gasteiger charge is 2.21. The van der Waals surface area contributed by atoms with E-state index in [2.05, 4.69) is 15.5 Å². The maximum atomic E-state index is 13.9. The van der Waals surface area contributed by atoms with Gasteiger partial charge >= 0.3 is 6.03 Å². The van der Waals surface area contributed by atoms with Gasteiger partial charge < -0.3 is 29.3 Å². The average molecular weight is 485 g/mol. The first-order valence-corrected chi connectivity index (χ1v) is 11.3. The van der Waals surface area contributed by atoms with Crippen LogP contribution in [0.2, 0.25) is 0 Å². The van der Waals surface area contributed by atoms with Crippen molar-refractivity contribution in [1.82, 2.24) is 19.7 Å². The third kappa shape index (κ3) is 5.14. The van der Waals surface area contributed by atoms with Gasteiger partial charge in [-0.05, 0) is 31.2 Å². The van der Waals surface area contributed by atoms with E-state index in [-0.39, 0.29) is 11.8 Å². The maximum Gasteiger partial charge on any atom is 0.322 e. The minimum absolute atomic E-state index is 0.144. The van der Waals surface area contributed by atoms with E-state index in [1.165, 1.54) is 13.2 Å². The summed E-state index contributed by atoms with van der Waals surface area (Å²) in [4.78, 5) is 16.1. The van der Waals surface area contributed by atoms with Gasteiger partial charge in [-0.2, -0.15) is 0 Å². The summed E-state index contributed by atoms with van der Waals surface area (Å²) in [7, 11) is 5.07. The number of morpholine rings is 1. The highest BCUT2D eigenvalue weighted by molar-refractivity contribution is 5.90. The Kier molecular flexibility index (Phi) is 7.35. The SMILES string of the molecule is CCOc1cc(NC(=O)N2CCOCC2)ccc1-c1nnc(N(C)c2ccc(F)c(OC)c2)n1C. The van der Waals surface area contributed by atoms with Crippen molar-refractivity contribution in [3.63, 3.8) is 0 Å². The Morgan fingerprint density at radius 2 is 1.94 bits per heavy atom. The predicted octanol–water partition coefficient (Wildman–Crippen LogP) is 3.66. The van der Waals surface area contributed by atoms with Crippen molar-refractivity contribution in [1.29, 1.82) is 0 Å². The smallest absolute Gasteiger partial charge is 0.322 e. The Morgan fingerprint density at radius 3 is 2.66 bits per heavy atom. The van der Waals surface area contributed by atoms with Gasteiger partial charge in [0.05, 0.1) is 32.5 Å². The number of hydrogen-bond donors (Lipinski definition) is 1. The van der Waals surface area contributed by atoms with Crippen LogP contribution >= 0.6 is 0 Å². The fourth-order valence-corrected chi connectivity index (χ4v) is 3.85. The van der Waals surface area contributed by atoms with Crippen molar-refractivity contribution in [2.24, 2.45) is 7.05 Å². The summed E-state index contributed by atoms with van der Waals surface area (Å²) in [6, 6.07) is 9.83. The first-order valence-electron chi connectivity index (χ1n) is 11.3. The first-order chi connectivity index (χ1) is 16.9. The standard InChI is InChI=1S/C24H29FN6O4/c1-5-35-20-14-16(26-24(32)31-10-12-34-13-11-31)6-8-18(20)22-27-28-23(30(22)3)29(2)17-7-9-19(25)21(15-17)33-4/h6-9,14-15H,5,10-13H2,1-4H3,(H,26,32). The molecular formula is C24H29FN6O4. The molecule has 1 saturated heterocycles. The number of hydrogen-bond acceptors (Lipinski definition) is 7. The van der Waals surface area contributed by atoms with Crippen LogP contribution in [0.4, 0.5) is 26.5 Å². The van der Waals surface area contributed by atoms with Gasteiger partial charge in [-0.15, -0.1) is 10.2 Å². The van der Waals surface area contributed by atoms with E-state index in [1.807, 2.05) is 31.7 Å². The van der Waals surface area contributed by atoms with Crippen LogP contribution in [0, 0.1) is 5.82 Å². The molecule has 10 nitrogen and oxygen atoms in total. The number of methoxy groups -OCH3 is 1. The molecule has 11 heteroatoms. The van der Waals surface area contributed by atoms with E-state index in [0.29, 0.717) is 61.8 Å². The van der Waals surface area contributed by atoms with Crippen molar-refractivity contribution in [3.8, 4) is 22.9 Å². The second-order valence-corrected chi connectivity index (χ2v) is 7.93. The molecule has 2 heterocycles. The lowest BCUT2D eigenvalue weighted by Gasteiger charge is -2.27. The molecule has 4 rings (SSSR count). The summed E-state index contributed by atoms with van der Waals surface area (Å²) < 4.78 is 31.9. The number of urea groups is 1. The van der Waals surface area contributed by atoms with Crippen LogP contribution < -0.4 is 19.7 Å². The number of nitrogens with zero attached hydrogens (tertiary/aromatic N) is 5. The topological polar surface area (TPSA) is 94.0 Å². The molecule has 1 aromatic heterocycles. The Labute approximate surface area is 203 Å². The van der Waals surface area contributed by atoms with Crippen LogP contribution in [0.5, 0.6) is 11.5 Å². The highest BCUT2D eigenvalue weighted by atomic mass is 19.1. The number of amides is 2. The quantitative estimate of drug-likeness (QED) is 0.547. The van der Waals surface area contributed by atoms with E-state index < -0.39 is 5.82 Å². The van der Waals surface area contributed by atoms with Crippen molar-refractivity contribution < 1.29 is 23.4 Å². The molecule has 1 fully saturated rings. The van der Waals surface area contributed by atoms with Gasteiger partial charge in [0.2, 0.25) is 5.95 Å². The molecule has 1 aliphatic heterocycles. The molecular weight excluding hydrogens is 455 g/mol. The Hall–Kier alpha value is -3.86. The summed E-state index contributed by atoms with van der Waals surface area (Å²) in [5, 5.41) is 11.6. The number of carbonyl (C=O) groups is 1. The summed E-state index contributed by atoms with van der Waals surface area (Å²) in [6.07, 6.45) is 0. The van der Waals surface area contributed by atoms with Gasteiger partial charge in [-0.25, -0.2) is 9.18 Å². The van der Waals surface area contributed by atoms with Crippen LogP contribution in [-0.4, -0.2) is 72.8 Å². The summed E-state index contributed by atoms with van der Waals surface area (Å²) in [6.45, 7) is 4.50. The molecule has 186 valence electrons. The van der Waals surface area contributed by atoms with Crippen LogP contribution in [0.15, 0.2) is 36.4 Å². The molecule has 35 heavy (non-hydrogen) atoms. The van der Waals surface area contributed by atoms with Crippen molar-refractivity contribution >= 4 is 23.4 Å². The number of benzene rings is 2. The Bertz CT molecular complexity index is 1190. The third-order valence-electron chi connectivity index (χ3n) is 5.75. The van der Waals surface area contributed by atoms with Gasteiger partial charge in [0.15, 0.2) is 17.4 Å². The van der Waals surface area contributed by atoms with Crippen LogP contribution in [0.1, 0.15) is 6.92 Å². The molecule has 0 atom stereocenters. The lowest BCUT2D eigenvalue weighted by molar-refractivity contribution is 0.0564. The molecule has 3 aromatic rings. The van der Waals surface area contributed by atoms with E-state index in [0.717, 1.165) is 5.56 Å². The zero-order valence-corrected chi connectivity index (χ0v) is 20.2. The summed E-state index contributed by atoms with van der Waals surface area (Å²) >= 11 is 0. The van der Waals surface area contributed by atoms with Gasteiger partial charge in [0.25, 0.3) is 0 Å². The molecule has 2 amide bonds. The van der Waals surface area contributed by atoms with Crippen molar-refractivity contribution in [3.05, 3.63) is 42.2 Å². The fraction of sp³-hybridized carbons (Fsp3) is 0.375. The molecule has 0 bridgehead atoms. The zero-order chi connectivity index (χ0) is 24.9. The van der Waals surface area contributed by atoms with Crippen LogP contribution in [0.25, 0.3) is 11.4 Å². The van der Waals surface area contributed by atoms with Gasteiger partial charge in [-0.1, -0.05) is 0 Å². The number of ether oxygens (including phenoxy) is 3. The van der Waals surface area contributed by atoms with Crippen molar-refractivity contribution in [2.75, 3.05) is 57.3 Å². The summed E-state index contributed by atoms with van der Waals surface area (Å²) in [5.74, 6) is 1.40. The molecule has 0 unspecified atom stereocenters. The normalized spacial score (nSPS) is 13.5. The number of halogens is 1. The summed E-state index contributed by atoms with van der Waals surface area (Å²) in [5.41, 5.74) is 2.03. The van der Waals surface area contributed by atoms with E-state index in [1.54, 1.807) is 34.1 Å². The number of rotatable bonds is 7. The van der Waals surface area contributed by atoms with E-state index >= 15 is 0 Å². The Balaban J connectivity index is 1.60. The van der Waals surface area contributed by atoms with Gasteiger partial charge in [-0.3, -0.25) is 4.57 Å². The number of nitrogens with one attached hydrogen (secondary N) is 1. The van der Waals surface area contributed by atoms with Crippen LogP contribution in [0.3, 0.4) is 0 Å². The molecule has 0 aliphatic carbocycles. The molecule has 0 spiro atoms. The molecule has 0 saturated carbocycles. The molecule has 1 N–H and O–H groups in total. The minimum Gasteiger partial charge on any atom is -0.494 e. The third-order valence-corrected chi connectivity index (χ3v) is 5.75. The predicted molar refractivity (Wildman–Crippen MR) is 130 cm³/mol. The number of aromatic nitrogens is 3. The molecule has 1 aliphatic rings. The highest BCUT2D eigenvalue weighted by Crippen LogP contribution is 2.34. The van der Waals surface area contributed by atoms with Gasteiger partial charge in [0, 0.05) is 50.7 Å². The van der Waals surface area contributed by atoms with Gasteiger partial charge in [0.1, 0.15) is 5.75 Å². The van der Waals surface area contributed by atoms with E-state index in [9.17, 15) is 9.18 Å². The molecule has 2 aromatic carbocycles. The lowest BCUT2D eigenvalue weighted by atomic mass is 10.1. The lowest BCUT2D eigenvalue weighted by Crippen LogP contribution is -2.43. The minimum atomic E-state index is -0.439. The monoisotopic (exact) mass is 484 g/mol. The average Bonchev–Trinajstić information content (AvgIpc) is 3.25. The zero-order valence-electron chi connectivity index (χ0n) is 20.2. The second kappa shape index (κ2) is 10.6. The first kappa shape index (κ1) is 24.3. The second-order valence-electron chi connectivity index (χ2n) is 7.93.